The SMILES string of the molecule is NC(=O)N(C(=O)C1CC1)S(=O)(=O)Nc1ccccc1. The summed E-state index contributed by atoms with van der Waals surface area (Å²) in [7, 11) is -4.32. The predicted octanol–water partition coefficient (Wildman–Crippen LogP) is 0.661. The first kappa shape index (κ1) is 13.3. The summed E-state index contributed by atoms with van der Waals surface area (Å²) in [6.07, 6.45) is 1.15. The summed E-state index contributed by atoms with van der Waals surface area (Å²) in [6.45, 7) is 0. The van der Waals surface area contributed by atoms with Crippen molar-refractivity contribution in [2.45, 2.75) is 12.8 Å². The van der Waals surface area contributed by atoms with E-state index in [-0.39, 0.29) is 9.99 Å². The van der Waals surface area contributed by atoms with Gasteiger partial charge in [0.05, 0.1) is 5.69 Å². The van der Waals surface area contributed by atoms with E-state index in [0.717, 1.165) is 0 Å². The van der Waals surface area contributed by atoms with E-state index >= 15 is 0 Å². The molecule has 0 saturated heterocycles. The quantitative estimate of drug-likeness (QED) is 0.845. The highest BCUT2D eigenvalue weighted by molar-refractivity contribution is 7.91. The van der Waals surface area contributed by atoms with Gasteiger partial charge in [0.25, 0.3) is 0 Å². The number of amides is 3. The Balaban J connectivity index is 2.24. The van der Waals surface area contributed by atoms with Gasteiger partial charge in [0, 0.05) is 5.92 Å². The van der Waals surface area contributed by atoms with Crippen molar-refractivity contribution in [3.8, 4) is 0 Å². The number of para-hydroxylation sites is 1. The maximum atomic E-state index is 12.0. The first-order valence-corrected chi connectivity index (χ1v) is 7.07. The Labute approximate surface area is 110 Å². The number of urea groups is 1. The predicted molar refractivity (Wildman–Crippen MR) is 68.1 cm³/mol. The van der Waals surface area contributed by atoms with Crippen molar-refractivity contribution < 1.29 is 18.0 Å². The van der Waals surface area contributed by atoms with Crippen LogP contribution in [0.1, 0.15) is 12.8 Å². The molecule has 1 aliphatic rings. The van der Waals surface area contributed by atoms with Gasteiger partial charge >= 0.3 is 16.2 Å². The third-order valence-electron chi connectivity index (χ3n) is 2.59. The van der Waals surface area contributed by atoms with E-state index in [1.165, 1.54) is 12.1 Å². The van der Waals surface area contributed by atoms with Gasteiger partial charge in [-0.3, -0.25) is 9.52 Å². The summed E-state index contributed by atoms with van der Waals surface area (Å²) in [6, 6.07) is 6.64. The lowest BCUT2D eigenvalue weighted by Crippen LogP contribution is -2.48. The van der Waals surface area contributed by atoms with Gasteiger partial charge in [-0.05, 0) is 25.0 Å². The molecule has 1 fully saturated rings. The first-order chi connectivity index (χ1) is 8.92. The Morgan fingerprint density at radius 1 is 1.21 bits per heavy atom. The standard InChI is InChI=1S/C11H13N3O4S/c12-11(16)14(10(15)8-6-7-8)19(17,18)13-9-4-2-1-3-5-9/h1-5,8,13H,6-7H2,(H2,12,16). The molecule has 0 aromatic heterocycles. The van der Waals surface area contributed by atoms with Gasteiger partial charge in [0.15, 0.2) is 0 Å². The maximum absolute atomic E-state index is 12.0. The summed E-state index contributed by atoms with van der Waals surface area (Å²) in [5.41, 5.74) is 5.24. The van der Waals surface area contributed by atoms with Crippen LogP contribution < -0.4 is 10.5 Å². The van der Waals surface area contributed by atoms with E-state index in [1.807, 2.05) is 0 Å². The molecule has 1 saturated carbocycles. The molecular weight excluding hydrogens is 270 g/mol. The summed E-state index contributed by atoms with van der Waals surface area (Å²) in [5.74, 6) is -1.21. The number of nitrogens with zero attached hydrogens (tertiary/aromatic N) is 1. The van der Waals surface area contributed by atoms with Crippen molar-refractivity contribution in [3.63, 3.8) is 0 Å². The van der Waals surface area contributed by atoms with E-state index in [4.69, 9.17) is 5.73 Å². The number of carbonyl (C=O) groups is 2. The molecule has 1 aliphatic carbocycles. The van der Waals surface area contributed by atoms with Gasteiger partial charge in [0.2, 0.25) is 5.91 Å². The molecule has 0 atom stereocenters. The second kappa shape index (κ2) is 4.88. The lowest BCUT2D eigenvalue weighted by Gasteiger charge is -2.19. The Hall–Kier alpha value is -2.09. The van der Waals surface area contributed by atoms with E-state index < -0.39 is 28.1 Å². The molecule has 3 N–H and O–H groups in total. The second-order valence-electron chi connectivity index (χ2n) is 4.19. The van der Waals surface area contributed by atoms with Gasteiger partial charge in [0.1, 0.15) is 0 Å². The van der Waals surface area contributed by atoms with Crippen LogP contribution in [0, 0.1) is 5.92 Å². The smallest absolute Gasteiger partial charge is 0.337 e. The van der Waals surface area contributed by atoms with E-state index in [9.17, 15) is 18.0 Å². The number of primary amides is 1. The number of nitrogens with two attached hydrogens (primary N) is 1. The summed E-state index contributed by atoms with van der Waals surface area (Å²) in [5, 5.41) is 0. The molecule has 19 heavy (non-hydrogen) atoms. The molecule has 7 nitrogen and oxygen atoms in total. The molecular formula is C11H13N3O4S. The van der Waals surface area contributed by atoms with Crippen LogP contribution in [0.5, 0.6) is 0 Å². The third-order valence-corrected chi connectivity index (χ3v) is 3.92. The zero-order chi connectivity index (χ0) is 14.0. The molecule has 1 aromatic rings. The molecule has 102 valence electrons. The van der Waals surface area contributed by atoms with E-state index in [1.54, 1.807) is 18.2 Å². The number of carbonyl (C=O) groups excluding carboxylic acids is 2. The van der Waals surface area contributed by atoms with Crippen molar-refractivity contribution in [1.29, 1.82) is 0 Å². The van der Waals surface area contributed by atoms with Crippen molar-refractivity contribution in [2.24, 2.45) is 11.7 Å². The number of rotatable bonds is 4. The van der Waals surface area contributed by atoms with Crippen LogP contribution in [0.15, 0.2) is 30.3 Å². The Morgan fingerprint density at radius 2 is 1.79 bits per heavy atom. The number of hydrogen-bond acceptors (Lipinski definition) is 4. The molecule has 1 aromatic carbocycles. The number of nitrogens with one attached hydrogen (secondary N) is 1. The zero-order valence-corrected chi connectivity index (χ0v) is 10.8. The van der Waals surface area contributed by atoms with Gasteiger partial charge < -0.3 is 5.73 Å². The fourth-order valence-corrected chi connectivity index (χ4v) is 2.69. The fraction of sp³-hybridized carbons (Fsp3) is 0.273. The van der Waals surface area contributed by atoms with Crippen LogP contribution in [0.2, 0.25) is 0 Å². The maximum Gasteiger partial charge on any atom is 0.337 e. The normalized spacial score (nSPS) is 14.7. The van der Waals surface area contributed by atoms with Crippen molar-refractivity contribution in [1.82, 2.24) is 4.31 Å². The molecule has 0 heterocycles. The van der Waals surface area contributed by atoms with Gasteiger partial charge in [-0.15, -0.1) is 4.31 Å². The van der Waals surface area contributed by atoms with Gasteiger partial charge in [-0.1, -0.05) is 18.2 Å². The highest BCUT2D eigenvalue weighted by Gasteiger charge is 2.41. The molecule has 0 aliphatic heterocycles. The minimum absolute atomic E-state index is 0.0949. The molecule has 0 radical (unpaired) electrons. The van der Waals surface area contributed by atoms with Crippen LogP contribution in [0.25, 0.3) is 0 Å². The molecule has 0 unspecified atom stereocenters. The Kier molecular flexibility index (Phi) is 3.43. The average molecular weight is 283 g/mol. The van der Waals surface area contributed by atoms with Crippen molar-refractivity contribution in [3.05, 3.63) is 30.3 Å². The van der Waals surface area contributed by atoms with Crippen molar-refractivity contribution in [2.75, 3.05) is 4.72 Å². The van der Waals surface area contributed by atoms with Crippen LogP contribution >= 0.6 is 0 Å². The van der Waals surface area contributed by atoms with Crippen LogP contribution in [0.4, 0.5) is 10.5 Å². The molecule has 3 amide bonds. The largest absolute Gasteiger partial charge is 0.350 e. The lowest BCUT2D eigenvalue weighted by atomic mass is 10.3. The van der Waals surface area contributed by atoms with Crippen LogP contribution in [-0.4, -0.2) is 24.7 Å². The van der Waals surface area contributed by atoms with Crippen molar-refractivity contribution >= 4 is 27.8 Å². The zero-order valence-electron chi connectivity index (χ0n) is 9.94. The topological polar surface area (TPSA) is 110 Å². The minimum Gasteiger partial charge on any atom is -0.350 e. The van der Waals surface area contributed by atoms with Gasteiger partial charge in [-0.2, -0.15) is 8.42 Å². The number of imide groups is 1. The molecule has 8 heteroatoms. The molecule has 2 rings (SSSR count). The van der Waals surface area contributed by atoms with E-state index in [0.29, 0.717) is 12.8 Å². The van der Waals surface area contributed by atoms with Crippen LogP contribution in [0.3, 0.4) is 0 Å². The van der Waals surface area contributed by atoms with Crippen LogP contribution in [-0.2, 0) is 15.0 Å². The molecule has 0 spiro atoms. The highest BCUT2D eigenvalue weighted by Crippen LogP contribution is 2.32. The summed E-state index contributed by atoms with van der Waals surface area (Å²) < 4.78 is 26.3. The summed E-state index contributed by atoms with van der Waals surface area (Å²) >= 11 is 0. The average Bonchev–Trinajstić information content (AvgIpc) is 3.12. The lowest BCUT2D eigenvalue weighted by molar-refractivity contribution is -0.125. The second-order valence-corrected chi connectivity index (χ2v) is 5.71. The number of anilines is 1. The number of benzene rings is 1. The van der Waals surface area contributed by atoms with E-state index in [2.05, 4.69) is 4.72 Å². The number of hydrogen-bond donors (Lipinski definition) is 2. The fourth-order valence-electron chi connectivity index (χ4n) is 1.54. The first-order valence-electron chi connectivity index (χ1n) is 5.63. The monoisotopic (exact) mass is 283 g/mol. The Bertz CT molecular complexity index is 596. The Morgan fingerprint density at radius 3 is 2.26 bits per heavy atom. The third kappa shape index (κ3) is 3.02. The minimum atomic E-state index is -4.32. The summed E-state index contributed by atoms with van der Waals surface area (Å²) in [4.78, 5) is 23.0. The highest BCUT2D eigenvalue weighted by atomic mass is 32.2. The van der Waals surface area contributed by atoms with Gasteiger partial charge in [-0.25, -0.2) is 4.79 Å². The molecule has 0 bridgehead atoms.